The Morgan fingerprint density at radius 3 is 2.45 bits per heavy atom. The maximum Gasteiger partial charge on any atom is 0.270 e. The highest BCUT2D eigenvalue weighted by Gasteiger charge is 2.25. The topological polar surface area (TPSA) is 107 Å². The zero-order valence-electron chi connectivity index (χ0n) is 18.7. The molecule has 0 atom stereocenters. The number of hydrogen-bond acceptors (Lipinski definition) is 8. The molecule has 0 radical (unpaired) electrons. The van der Waals surface area contributed by atoms with Gasteiger partial charge in [0.1, 0.15) is 0 Å². The van der Waals surface area contributed by atoms with Crippen LogP contribution in [0.1, 0.15) is 27.6 Å². The van der Waals surface area contributed by atoms with Crippen molar-refractivity contribution in [3.63, 3.8) is 0 Å². The van der Waals surface area contributed by atoms with E-state index in [9.17, 15) is 14.9 Å². The van der Waals surface area contributed by atoms with Crippen LogP contribution in [0.4, 0.5) is 5.69 Å². The minimum absolute atomic E-state index is 0.144. The summed E-state index contributed by atoms with van der Waals surface area (Å²) >= 11 is 0. The minimum Gasteiger partial charge on any atom is -0.379 e. The van der Waals surface area contributed by atoms with E-state index in [2.05, 4.69) is 15.1 Å². The first kappa shape index (κ1) is 22.7. The van der Waals surface area contributed by atoms with Gasteiger partial charge in [0, 0.05) is 30.8 Å². The van der Waals surface area contributed by atoms with Gasteiger partial charge in [0.25, 0.3) is 5.69 Å². The molecule has 1 aromatic heterocycles. The summed E-state index contributed by atoms with van der Waals surface area (Å²) in [5.74, 6) is 1.03. The lowest BCUT2D eigenvalue weighted by Crippen LogP contribution is -2.36. The van der Waals surface area contributed by atoms with Crippen LogP contribution in [0.3, 0.4) is 0 Å². The van der Waals surface area contributed by atoms with Crippen molar-refractivity contribution < 1.29 is 14.5 Å². The molecule has 0 N–H and O–H groups in total. The fraction of sp³-hybridized carbons (Fsp3) is 0.348. The summed E-state index contributed by atoms with van der Waals surface area (Å²) in [7, 11) is 3.85. The lowest BCUT2D eigenvalue weighted by Gasteiger charge is -2.26. The molecular formula is C23H26N6O4. The van der Waals surface area contributed by atoms with Gasteiger partial charge in [0.2, 0.25) is 0 Å². The lowest BCUT2D eigenvalue weighted by atomic mass is 10.0. The Morgan fingerprint density at radius 1 is 1.09 bits per heavy atom. The standard InChI is InChI=1S/C23H26N6O4/c1-26(2)15-21-24-25-22(16-27-10-12-33-13-11-27)28(21)20-9-8-18(29(31)32)14-19(20)23(30)17-6-4-3-5-7-17/h3-9,14H,10-13,15-16H2,1-2H3. The summed E-state index contributed by atoms with van der Waals surface area (Å²) in [6.07, 6.45) is 0. The van der Waals surface area contributed by atoms with Crippen LogP contribution in [0.25, 0.3) is 5.69 Å². The normalized spacial score (nSPS) is 14.5. The molecule has 2 aromatic carbocycles. The predicted octanol–water partition coefficient (Wildman–Crippen LogP) is 2.30. The number of benzene rings is 2. The SMILES string of the molecule is CN(C)Cc1nnc(CN2CCOCC2)n1-c1ccc([N+](=O)[O-])cc1C(=O)c1ccccc1. The predicted molar refractivity (Wildman–Crippen MR) is 121 cm³/mol. The van der Waals surface area contributed by atoms with Crippen molar-refractivity contribution in [1.82, 2.24) is 24.6 Å². The number of rotatable bonds is 8. The van der Waals surface area contributed by atoms with E-state index in [-0.39, 0.29) is 17.0 Å². The van der Waals surface area contributed by atoms with Crippen LogP contribution in [0.2, 0.25) is 0 Å². The minimum atomic E-state index is -0.493. The van der Waals surface area contributed by atoms with Crippen molar-refractivity contribution in [2.45, 2.75) is 13.1 Å². The molecule has 1 aliphatic heterocycles. The number of ketones is 1. The van der Waals surface area contributed by atoms with Crippen LogP contribution >= 0.6 is 0 Å². The van der Waals surface area contributed by atoms with Crippen molar-refractivity contribution in [1.29, 1.82) is 0 Å². The van der Waals surface area contributed by atoms with Crippen LogP contribution in [-0.2, 0) is 17.8 Å². The van der Waals surface area contributed by atoms with E-state index in [4.69, 9.17) is 4.74 Å². The molecule has 0 aliphatic carbocycles. The summed E-state index contributed by atoms with van der Waals surface area (Å²) in [6, 6.07) is 13.1. The second-order valence-electron chi connectivity index (χ2n) is 8.15. The molecule has 0 bridgehead atoms. The molecule has 1 saturated heterocycles. The zero-order valence-corrected chi connectivity index (χ0v) is 18.7. The Labute approximate surface area is 191 Å². The van der Waals surface area contributed by atoms with Gasteiger partial charge < -0.3 is 9.64 Å². The van der Waals surface area contributed by atoms with E-state index in [0.717, 1.165) is 13.1 Å². The summed E-state index contributed by atoms with van der Waals surface area (Å²) in [6.45, 7) is 3.85. The summed E-state index contributed by atoms with van der Waals surface area (Å²) in [5.41, 5.74) is 1.07. The van der Waals surface area contributed by atoms with Crippen LogP contribution in [-0.4, -0.2) is 75.7 Å². The lowest BCUT2D eigenvalue weighted by molar-refractivity contribution is -0.384. The highest BCUT2D eigenvalue weighted by molar-refractivity contribution is 6.11. The van der Waals surface area contributed by atoms with Crippen molar-refractivity contribution >= 4 is 11.5 Å². The van der Waals surface area contributed by atoms with E-state index in [0.29, 0.717) is 49.2 Å². The van der Waals surface area contributed by atoms with E-state index in [1.807, 2.05) is 29.6 Å². The molecule has 3 aromatic rings. The molecule has 33 heavy (non-hydrogen) atoms. The fourth-order valence-corrected chi connectivity index (χ4v) is 3.84. The molecule has 0 unspecified atom stereocenters. The third kappa shape index (κ3) is 5.14. The van der Waals surface area contributed by atoms with Crippen molar-refractivity contribution in [3.8, 4) is 5.69 Å². The van der Waals surface area contributed by atoms with Crippen molar-refractivity contribution in [2.24, 2.45) is 0 Å². The van der Waals surface area contributed by atoms with Gasteiger partial charge in [0.15, 0.2) is 17.4 Å². The number of nitrogens with zero attached hydrogens (tertiary/aromatic N) is 6. The van der Waals surface area contributed by atoms with E-state index < -0.39 is 4.92 Å². The van der Waals surface area contributed by atoms with Crippen LogP contribution in [0.5, 0.6) is 0 Å². The van der Waals surface area contributed by atoms with Gasteiger partial charge in [-0.25, -0.2) is 0 Å². The Morgan fingerprint density at radius 2 is 1.79 bits per heavy atom. The quantitative estimate of drug-likeness (QED) is 0.292. The average molecular weight is 450 g/mol. The molecule has 1 fully saturated rings. The first-order valence-corrected chi connectivity index (χ1v) is 10.7. The molecule has 0 amide bonds. The van der Waals surface area contributed by atoms with Crippen LogP contribution < -0.4 is 0 Å². The van der Waals surface area contributed by atoms with Crippen LogP contribution in [0, 0.1) is 10.1 Å². The van der Waals surface area contributed by atoms with Crippen LogP contribution in [0.15, 0.2) is 48.5 Å². The van der Waals surface area contributed by atoms with Crippen molar-refractivity contribution in [2.75, 3.05) is 40.4 Å². The van der Waals surface area contributed by atoms with Gasteiger partial charge in [-0.1, -0.05) is 30.3 Å². The smallest absolute Gasteiger partial charge is 0.270 e. The molecule has 4 rings (SSSR count). The second-order valence-corrected chi connectivity index (χ2v) is 8.15. The largest absolute Gasteiger partial charge is 0.379 e. The van der Waals surface area contributed by atoms with Gasteiger partial charge in [-0.3, -0.25) is 24.4 Å². The molecule has 172 valence electrons. The third-order valence-electron chi connectivity index (χ3n) is 5.44. The van der Waals surface area contributed by atoms with E-state index in [1.165, 1.54) is 12.1 Å². The summed E-state index contributed by atoms with van der Waals surface area (Å²) in [4.78, 5) is 28.6. The average Bonchev–Trinajstić information content (AvgIpc) is 3.20. The number of hydrogen-bond donors (Lipinski definition) is 0. The molecular weight excluding hydrogens is 424 g/mol. The summed E-state index contributed by atoms with van der Waals surface area (Å²) in [5, 5.41) is 20.3. The second kappa shape index (κ2) is 9.99. The van der Waals surface area contributed by atoms with Gasteiger partial charge in [0.05, 0.1) is 42.5 Å². The van der Waals surface area contributed by atoms with E-state index in [1.54, 1.807) is 30.3 Å². The Hall–Kier alpha value is -3.47. The first-order valence-electron chi connectivity index (χ1n) is 10.7. The monoisotopic (exact) mass is 450 g/mol. The fourth-order valence-electron chi connectivity index (χ4n) is 3.84. The highest BCUT2D eigenvalue weighted by Crippen LogP contribution is 2.27. The Balaban J connectivity index is 1.85. The first-order chi connectivity index (χ1) is 15.9. The molecule has 10 nitrogen and oxygen atoms in total. The number of non-ortho nitro benzene ring substituents is 1. The number of carbonyl (C=O) groups excluding carboxylic acids is 1. The van der Waals surface area contributed by atoms with Gasteiger partial charge in [-0.05, 0) is 20.2 Å². The van der Waals surface area contributed by atoms with Gasteiger partial charge in [-0.15, -0.1) is 10.2 Å². The highest BCUT2D eigenvalue weighted by atomic mass is 16.6. The Bertz CT molecular complexity index is 1140. The molecule has 10 heteroatoms. The number of nitro benzene ring substituents is 1. The van der Waals surface area contributed by atoms with Gasteiger partial charge in [-0.2, -0.15) is 0 Å². The number of morpholine rings is 1. The Kier molecular flexibility index (Phi) is 6.87. The third-order valence-corrected chi connectivity index (χ3v) is 5.44. The number of aromatic nitrogens is 3. The number of nitro groups is 1. The zero-order chi connectivity index (χ0) is 23.4. The van der Waals surface area contributed by atoms with Crippen molar-refractivity contribution in [3.05, 3.63) is 81.4 Å². The molecule has 0 spiro atoms. The number of ether oxygens (including phenoxy) is 1. The molecule has 2 heterocycles. The van der Waals surface area contributed by atoms with E-state index >= 15 is 0 Å². The maximum atomic E-state index is 13.5. The molecule has 0 saturated carbocycles. The summed E-state index contributed by atoms with van der Waals surface area (Å²) < 4.78 is 7.30. The number of carbonyl (C=O) groups is 1. The maximum absolute atomic E-state index is 13.5. The molecule has 1 aliphatic rings. The van der Waals surface area contributed by atoms with Gasteiger partial charge >= 0.3 is 0 Å².